The van der Waals surface area contributed by atoms with E-state index in [1.54, 1.807) is 37.4 Å². The summed E-state index contributed by atoms with van der Waals surface area (Å²) in [5.41, 5.74) is 1.37. The summed E-state index contributed by atoms with van der Waals surface area (Å²) in [4.78, 5) is 30.6. The minimum absolute atomic E-state index is 0.129. The Kier molecular flexibility index (Phi) is 4.57. The molecule has 0 bridgehead atoms. The van der Waals surface area contributed by atoms with Crippen molar-refractivity contribution in [2.45, 2.75) is 6.92 Å². The first kappa shape index (κ1) is 17.0. The minimum Gasteiger partial charge on any atom is -0.431 e. The number of aromatic nitrogens is 2. The number of carbonyl (C=O) groups excluding carboxylic acids is 1. The van der Waals surface area contributed by atoms with E-state index in [4.69, 9.17) is 4.74 Å². The Morgan fingerprint density at radius 3 is 2.88 bits per heavy atom. The van der Waals surface area contributed by atoms with E-state index in [0.717, 1.165) is 6.08 Å². The van der Waals surface area contributed by atoms with Gasteiger partial charge in [0.2, 0.25) is 5.91 Å². The standard InChI is InChI=1S/C18H14N4O4/c1-3-16(23)21-13-6-7-15(17-12(13)5-4-8-19-17)26-18-14(22(24)25)9-11(2)10-20-18/h3-10H,1H2,2H3,(H,21,23). The molecule has 0 radical (unpaired) electrons. The third kappa shape index (κ3) is 3.34. The number of rotatable bonds is 5. The van der Waals surface area contributed by atoms with Crippen LogP contribution in [0.5, 0.6) is 11.6 Å². The molecule has 2 heterocycles. The molecule has 0 saturated carbocycles. The van der Waals surface area contributed by atoms with Gasteiger partial charge in [-0.2, -0.15) is 0 Å². The van der Waals surface area contributed by atoms with Gasteiger partial charge in [0, 0.05) is 23.8 Å². The van der Waals surface area contributed by atoms with E-state index in [1.165, 1.54) is 12.3 Å². The lowest BCUT2D eigenvalue weighted by Crippen LogP contribution is -2.08. The van der Waals surface area contributed by atoms with E-state index in [1.807, 2.05) is 0 Å². The Balaban J connectivity index is 2.08. The molecule has 1 amide bonds. The van der Waals surface area contributed by atoms with Gasteiger partial charge in [-0.3, -0.25) is 19.9 Å². The van der Waals surface area contributed by atoms with Gasteiger partial charge in [0.1, 0.15) is 5.52 Å². The Morgan fingerprint density at radius 1 is 1.35 bits per heavy atom. The van der Waals surface area contributed by atoms with Gasteiger partial charge in [0.15, 0.2) is 5.75 Å². The van der Waals surface area contributed by atoms with E-state index in [-0.39, 0.29) is 23.2 Å². The van der Waals surface area contributed by atoms with Crippen molar-refractivity contribution in [1.82, 2.24) is 9.97 Å². The van der Waals surface area contributed by atoms with Gasteiger partial charge in [0.05, 0.1) is 10.6 Å². The summed E-state index contributed by atoms with van der Waals surface area (Å²) in [6.45, 7) is 5.13. The van der Waals surface area contributed by atoms with Gasteiger partial charge >= 0.3 is 5.69 Å². The predicted octanol–water partition coefficient (Wildman–Crippen LogP) is 3.76. The fourth-order valence-electron chi connectivity index (χ4n) is 2.38. The Bertz CT molecular complexity index is 1030. The molecular formula is C18H14N4O4. The van der Waals surface area contributed by atoms with Crippen LogP contribution in [0, 0.1) is 17.0 Å². The second kappa shape index (κ2) is 6.98. The molecule has 1 aromatic carbocycles. The predicted molar refractivity (Wildman–Crippen MR) is 96.3 cm³/mol. The van der Waals surface area contributed by atoms with Gasteiger partial charge in [-0.05, 0) is 42.8 Å². The molecule has 26 heavy (non-hydrogen) atoms. The van der Waals surface area contributed by atoms with Crippen molar-refractivity contribution in [3.8, 4) is 11.6 Å². The number of amides is 1. The first-order chi connectivity index (χ1) is 12.5. The van der Waals surface area contributed by atoms with Gasteiger partial charge in [-0.15, -0.1) is 0 Å². The first-order valence-electron chi connectivity index (χ1n) is 7.59. The molecule has 0 aliphatic rings. The van der Waals surface area contributed by atoms with Crippen molar-refractivity contribution in [2.75, 3.05) is 5.32 Å². The lowest BCUT2D eigenvalue weighted by molar-refractivity contribution is -0.386. The largest absolute Gasteiger partial charge is 0.431 e. The smallest absolute Gasteiger partial charge is 0.331 e. The van der Waals surface area contributed by atoms with Crippen LogP contribution in [0.25, 0.3) is 10.9 Å². The summed E-state index contributed by atoms with van der Waals surface area (Å²) in [7, 11) is 0. The molecule has 0 atom stereocenters. The highest BCUT2D eigenvalue weighted by atomic mass is 16.6. The number of nitro groups is 1. The molecule has 130 valence electrons. The molecule has 0 unspecified atom stereocenters. The van der Waals surface area contributed by atoms with Crippen LogP contribution in [0.15, 0.2) is 55.4 Å². The molecular weight excluding hydrogens is 336 g/mol. The molecule has 3 aromatic rings. The Morgan fingerprint density at radius 2 is 2.15 bits per heavy atom. The maximum Gasteiger partial charge on any atom is 0.331 e. The van der Waals surface area contributed by atoms with Crippen LogP contribution in [0.1, 0.15) is 5.56 Å². The number of carbonyl (C=O) groups is 1. The van der Waals surface area contributed by atoms with Crippen LogP contribution in [0.2, 0.25) is 0 Å². The van der Waals surface area contributed by atoms with Gasteiger partial charge < -0.3 is 10.1 Å². The highest BCUT2D eigenvalue weighted by Crippen LogP contribution is 2.35. The van der Waals surface area contributed by atoms with Crippen molar-refractivity contribution >= 4 is 28.2 Å². The van der Waals surface area contributed by atoms with Crippen LogP contribution in [-0.2, 0) is 4.79 Å². The number of benzene rings is 1. The first-order valence-corrected chi connectivity index (χ1v) is 7.59. The number of pyridine rings is 2. The lowest BCUT2D eigenvalue weighted by Gasteiger charge is -2.11. The van der Waals surface area contributed by atoms with Crippen LogP contribution in [-0.4, -0.2) is 20.8 Å². The van der Waals surface area contributed by atoms with Crippen molar-refractivity contribution in [1.29, 1.82) is 0 Å². The molecule has 3 rings (SSSR count). The molecule has 1 N–H and O–H groups in total. The third-order valence-corrected chi connectivity index (χ3v) is 3.55. The van der Waals surface area contributed by atoms with E-state index in [9.17, 15) is 14.9 Å². The highest BCUT2D eigenvalue weighted by Gasteiger charge is 2.19. The summed E-state index contributed by atoms with van der Waals surface area (Å²) in [6.07, 6.45) is 4.20. The van der Waals surface area contributed by atoms with Gasteiger partial charge in [-0.1, -0.05) is 6.58 Å². The molecule has 0 aliphatic carbocycles. The number of nitrogens with one attached hydrogen (secondary N) is 1. The van der Waals surface area contributed by atoms with E-state index >= 15 is 0 Å². The van der Waals surface area contributed by atoms with Crippen LogP contribution >= 0.6 is 0 Å². The fourth-order valence-corrected chi connectivity index (χ4v) is 2.38. The van der Waals surface area contributed by atoms with Crippen molar-refractivity contribution in [3.05, 3.63) is 71.1 Å². The number of fused-ring (bicyclic) bond motifs is 1. The Hall–Kier alpha value is -3.81. The topological polar surface area (TPSA) is 107 Å². The molecule has 0 saturated heterocycles. The van der Waals surface area contributed by atoms with E-state index < -0.39 is 4.92 Å². The zero-order valence-electron chi connectivity index (χ0n) is 13.8. The third-order valence-electron chi connectivity index (χ3n) is 3.55. The maximum absolute atomic E-state index is 11.6. The number of anilines is 1. The second-order valence-corrected chi connectivity index (χ2v) is 5.40. The van der Waals surface area contributed by atoms with Crippen molar-refractivity contribution < 1.29 is 14.5 Å². The summed E-state index contributed by atoms with van der Waals surface area (Å²) >= 11 is 0. The average Bonchev–Trinajstić information content (AvgIpc) is 2.64. The van der Waals surface area contributed by atoms with Crippen molar-refractivity contribution in [3.63, 3.8) is 0 Å². The fraction of sp³-hybridized carbons (Fsp3) is 0.0556. The quantitative estimate of drug-likeness (QED) is 0.426. The van der Waals surface area contributed by atoms with Crippen LogP contribution in [0.3, 0.4) is 0 Å². The zero-order chi connectivity index (χ0) is 18.7. The molecule has 2 aromatic heterocycles. The molecule has 0 spiro atoms. The summed E-state index contributed by atoms with van der Waals surface area (Å²) in [5.74, 6) is -0.202. The van der Waals surface area contributed by atoms with Gasteiger partial charge in [0.25, 0.3) is 5.88 Å². The monoisotopic (exact) mass is 350 g/mol. The van der Waals surface area contributed by atoms with Crippen molar-refractivity contribution in [2.24, 2.45) is 0 Å². The maximum atomic E-state index is 11.6. The molecule has 0 aliphatic heterocycles. The van der Waals surface area contributed by atoms with E-state index in [2.05, 4.69) is 21.9 Å². The summed E-state index contributed by atoms with van der Waals surface area (Å²) < 4.78 is 5.68. The minimum atomic E-state index is -0.552. The zero-order valence-corrected chi connectivity index (χ0v) is 13.8. The number of aryl methyl sites for hydroxylation is 1. The highest BCUT2D eigenvalue weighted by molar-refractivity contribution is 6.06. The van der Waals surface area contributed by atoms with Crippen LogP contribution < -0.4 is 10.1 Å². The average molecular weight is 350 g/mol. The summed E-state index contributed by atoms with van der Waals surface area (Å²) in [5, 5.41) is 14.6. The van der Waals surface area contributed by atoms with E-state index in [0.29, 0.717) is 22.2 Å². The normalized spacial score (nSPS) is 10.3. The molecule has 0 fully saturated rings. The van der Waals surface area contributed by atoms with Gasteiger partial charge in [-0.25, -0.2) is 4.98 Å². The number of hydrogen-bond acceptors (Lipinski definition) is 6. The number of hydrogen-bond donors (Lipinski definition) is 1. The Labute approximate surface area is 148 Å². The molecule has 8 nitrogen and oxygen atoms in total. The number of nitrogens with zero attached hydrogens (tertiary/aromatic N) is 3. The lowest BCUT2D eigenvalue weighted by atomic mass is 10.1. The molecule has 8 heteroatoms. The SMILES string of the molecule is C=CC(=O)Nc1ccc(Oc2ncc(C)cc2[N+](=O)[O-])c2ncccc12. The second-order valence-electron chi connectivity index (χ2n) is 5.40. The number of ether oxygens (including phenoxy) is 1. The van der Waals surface area contributed by atoms with Crippen LogP contribution in [0.4, 0.5) is 11.4 Å². The summed E-state index contributed by atoms with van der Waals surface area (Å²) in [6, 6.07) is 8.05.